The van der Waals surface area contributed by atoms with Gasteiger partial charge in [-0.2, -0.15) is 0 Å². The second kappa shape index (κ2) is 6.07. The van der Waals surface area contributed by atoms with Crippen molar-refractivity contribution in [1.82, 2.24) is 9.80 Å². The Bertz CT molecular complexity index is 173. The van der Waals surface area contributed by atoms with Crippen molar-refractivity contribution in [2.45, 2.75) is 33.7 Å². The second-order valence-corrected chi connectivity index (χ2v) is 4.64. The average molecular weight is 198 g/mol. The highest BCUT2D eigenvalue weighted by atomic mass is 15.2. The van der Waals surface area contributed by atoms with Crippen LogP contribution in [0.25, 0.3) is 0 Å². The standard InChI is InChI=1S/C12H26N2/c1-10(2)12(5)14(7)9-8-13(6)11(3)4/h10-11H,5,8-9H2,1-4,6-7H3. The van der Waals surface area contributed by atoms with E-state index >= 15 is 0 Å². The first kappa shape index (κ1) is 13.5. The molecular formula is C12H26N2. The minimum atomic E-state index is 0.546. The summed E-state index contributed by atoms with van der Waals surface area (Å²) in [6, 6.07) is 0.621. The lowest BCUT2D eigenvalue weighted by atomic mass is 10.1. The molecule has 0 aliphatic heterocycles. The molecule has 0 atom stereocenters. The van der Waals surface area contributed by atoms with Crippen molar-refractivity contribution in [1.29, 1.82) is 0 Å². The molecule has 0 radical (unpaired) electrons. The van der Waals surface area contributed by atoms with E-state index in [9.17, 15) is 0 Å². The van der Waals surface area contributed by atoms with Crippen LogP contribution in [0, 0.1) is 5.92 Å². The summed E-state index contributed by atoms with van der Waals surface area (Å²) in [7, 11) is 4.28. The van der Waals surface area contributed by atoms with Crippen LogP contribution in [-0.2, 0) is 0 Å². The maximum Gasteiger partial charge on any atom is 0.0299 e. The van der Waals surface area contributed by atoms with Gasteiger partial charge in [-0.05, 0) is 26.8 Å². The van der Waals surface area contributed by atoms with Crippen molar-refractivity contribution in [3.05, 3.63) is 12.3 Å². The lowest BCUT2D eigenvalue weighted by Crippen LogP contribution is -2.34. The Morgan fingerprint density at radius 3 is 1.93 bits per heavy atom. The molecule has 0 amide bonds. The molecule has 0 aliphatic carbocycles. The number of likely N-dealkylation sites (N-methyl/N-ethyl adjacent to an activating group) is 2. The molecule has 0 bridgehead atoms. The van der Waals surface area contributed by atoms with Gasteiger partial charge in [-0.3, -0.25) is 0 Å². The van der Waals surface area contributed by atoms with Gasteiger partial charge in [0.25, 0.3) is 0 Å². The van der Waals surface area contributed by atoms with E-state index in [1.165, 1.54) is 5.70 Å². The fourth-order valence-corrected chi connectivity index (χ4v) is 1.15. The zero-order chi connectivity index (χ0) is 11.3. The molecule has 0 aromatic rings. The molecule has 2 heteroatoms. The lowest BCUT2D eigenvalue weighted by Gasteiger charge is -2.28. The first-order chi connectivity index (χ1) is 6.36. The summed E-state index contributed by atoms with van der Waals surface area (Å²) < 4.78 is 0. The molecule has 0 saturated carbocycles. The third kappa shape index (κ3) is 4.66. The molecule has 0 rings (SSSR count). The Hall–Kier alpha value is -0.500. The first-order valence-electron chi connectivity index (χ1n) is 5.46. The molecule has 14 heavy (non-hydrogen) atoms. The van der Waals surface area contributed by atoms with Crippen LogP contribution in [0.2, 0.25) is 0 Å². The fraction of sp³-hybridized carbons (Fsp3) is 0.833. The predicted octanol–water partition coefficient (Wildman–Crippen LogP) is 2.43. The van der Waals surface area contributed by atoms with Crippen LogP contribution in [0.4, 0.5) is 0 Å². The van der Waals surface area contributed by atoms with Gasteiger partial charge in [-0.15, -0.1) is 0 Å². The van der Waals surface area contributed by atoms with E-state index in [0.717, 1.165) is 13.1 Å². The summed E-state index contributed by atoms with van der Waals surface area (Å²) in [4.78, 5) is 4.60. The second-order valence-electron chi connectivity index (χ2n) is 4.64. The third-order valence-corrected chi connectivity index (χ3v) is 2.83. The van der Waals surface area contributed by atoms with Gasteiger partial charge < -0.3 is 9.80 Å². The lowest BCUT2D eigenvalue weighted by molar-refractivity contribution is 0.237. The van der Waals surface area contributed by atoms with Gasteiger partial charge in [0.2, 0.25) is 0 Å². The summed E-state index contributed by atoms with van der Waals surface area (Å²) in [6.45, 7) is 15.1. The maximum atomic E-state index is 4.08. The molecule has 0 heterocycles. The highest BCUT2D eigenvalue weighted by Crippen LogP contribution is 2.10. The Kier molecular flexibility index (Phi) is 5.86. The van der Waals surface area contributed by atoms with Crippen LogP contribution in [0.3, 0.4) is 0 Å². The van der Waals surface area contributed by atoms with E-state index in [2.05, 4.69) is 58.2 Å². The molecule has 0 spiro atoms. The van der Waals surface area contributed by atoms with Crippen molar-refractivity contribution >= 4 is 0 Å². The van der Waals surface area contributed by atoms with E-state index in [1.54, 1.807) is 0 Å². The van der Waals surface area contributed by atoms with E-state index < -0.39 is 0 Å². The monoisotopic (exact) mass is 198 g/mol. The van der Waals surface area contributed by atoms with E-state index in [1.807, 2.05) is 0 Å². The molecule has 0 aromatic carbocycles. The van der Waals surface area contributed by atoms with Crippen molar-refractivity contribution in [2.24, 2.45) is 5.92 Å². The van der Waals surface area contributed by atoms with Gasteiger partial charge in [0.05, 0.1) is 0 Å². The van der Waals surface area contributed by atoms with Crippen LogP contribution < -0.4 is 0 Å². The van der Waals surface area contributed by atoms with E-state index in [4.69, 9.17) is 0 Å². The molecule has 0 N–H and O–H groups in total. The molecule has 0 aliphatic rings. The Balaban J connectivity index is 3.85. The molecule has 2 nitrogen and oxygen atoms in total. The largest absolute Gasteiger partial charge is 0.377 e. The van der Waals surface area contributed by atoms with Crippen molar-refractivity contribution in [2.75, 3.05) is 27.2 Å². The van der Waals surface area contributed by atoms with Crippen LogP contribution in [0.1, 0.15) is 27.7 Å². The van der Waals surface area contributed by atoms with E-state index in [-0.39, 0.29) is 0 Å². The van der Waals surface area contributed by atoms with Crippen LogP contribution in [0.15, 0.2) is 12.3 Å². The number of hydrogen-bond acceptors (Lipinski definition) is 2. The van der Waals surface area contributed by atoms with Crippen molar-refractivity contribution < 1.29 is 0 Å². The molecule has 0 unspecified atom stereocenters. The summed E-state index contributed by atoms with van der Waals surface area (Å²) in [5.74, 6) is 0.546. The highest BCUT2D eigenvalue weighted by Gasteiger charge is 2.08. The molecule has 0 saturated heterocycles. The summed E-state index contributed by atoms with van der Waals surface area (Å²) in [5.41, 5.74) is 1.22. The SMILES string of the molecule is C=C(C(C)C)N(C)CCN(C)C(C)C. The number of rotatable bonds is 6. The molecule has 84 valence electrons. The van der Waals surface area contributed by atoms with Crippen LogP contribution >= 0.6 is 0 Å². The van der Waals surface area contributed by atoms with Gasteiger partial charge in [0.1, 0.15) is 0 Å². The maximum absolute atomic E-state index is 4.08. The van der Waals surface area contributed by atoms with Crippen LogP contribution in [-0.4, -0.2) is 43.0 Å². The van der Waals surface area contributed by atoms with Gasteiger partial charge >= 0.3 is 0 Å². The van der Waals surface area contributed by atoms with Gasteiger partial charge in [-0.25, -0.2) is 0 Å². The van der Waals surface area contributed by atoms with Gasteiger partial charge in [0, 0.05) is 31.9 Å². The Morgan fingerprint density at radius 2 is 1.57 bits per heavy atom. The van der Waals surface area contributed by atoms with Gasteiger partial charge in [0.15, 0.2) is 0 Å². The highest BCUT2D eigenvalue weighted by molar-refractivity contribution is 4.95. The molecule has 0 aromatic heterocycles. The number of allylic oxidation sites excluding steroid dienone is 1. The summed E-state index contributed by atoms with van der Waals surface area (Å²) in [5, 5.41) is 0. The Morgan fingerprint density at radius 1 is 1.07 bits per heavy atom. The third-order valence-electron chi connectivity index (χ3n) is 2.83. The zero-order valence-corrected chi connectivity index (χ0v) is 10.7. The fourth-order valence-electron chi connectivity index (χ4n) is 1.15. The topological polar surface area (TPSA) is 6.48 Å². The van der Waals surface area contributed by atoms with Crippen molar-refractivity contribution in [3.63, 3.8) is 0 Å². The van der Waals surface area contributed by atoms with Crippen molar-refractivity contribution in [3.8, 4) is 0 Å². The predicted molar refractivity (Wildman–Crippen MR) is 64.4 cm³/mol. The number of hydrogen-bond donors (Lipinski definition) is 0. The zero-order valence-electron chi connectivity index (χ0n) is 10.7. The Labute approximate surface area is 89.6 Å². The normalized spacial score (nSPS) is 11.5. The molecule has 0 fully saturated rings. The summed E-state index contributed by atoms with van der Waals surface area (Å²) in [6.07, 6.45) is 0. The van der Waals surface area contributed by atoms with E-state index in [0.29, 0.717) is 12.0 Å². The van der Waals surface area contributed by atoms with Crippen LogP contribution in [0.5, 0.6) is 0 Å². The summed E-state index contributed by atoms with van der Waals surface area (Å²) >= 11 is 0. The minimum absolute atomic E-state index is 0.546. The number of nitrogens with zero attached hydrogens (tertiary/aromatic N) is 2. The minimum Gasteiger partial charge on any atom is -0.377 e. The molecular weight excluding hydrogens is 172 g/mol. The average Bonchev–Trinajstić information content (AvgIpc) is 2.11. The first-order valence-corrected chi connectivity index (χ1v) is 5.46. The quantitative estimate of drug-likeness (QED) is 0.647. The van der Waals surface area contributed by atoms with Gasteiger partial charge in [-0.1, -0.05) is 20.4 Å². The smallest absolute Gasteiger partial charge is 0.0299 e.